The number of piperazine rings is 1. The molecule has 0 amide bonds. The molecule has 1 aliphatic heterocycles. The largest absolute Gasteiger partial charge is 0.314 e. The predicted octanol–water partition coefficient (Wildman–Crippen LogP) is -1.30. The molecule has 48 valence electrons. The molecule has 1 saturated heterocycles. The maximum Gasteiger partial charge on any atom is 0.0385 e. The van der Waals surface area contributed by atoms with E-state index in [1.807, 2.05) is 0 Å². The molecule has 0 bridgehead atoms. The Hall–Kier alpha value is -0.160. The van der Waals surface area contributed by atoms with Crippen LogP contribution in [0, 0.1) is 0 Å². The lowest BCUT2D eigenvalue weighted by Gasteiger charge is -2.23. The first-order chi connectivity index (χ1) is 3.93. The Kier molecular flexibility index (Phi) is 2.23. The van der Waals surface area contributed by atoms with Crippen LogP contribution in [-0.4, -0.2) is 31.2 Å². The van der Waals surface area contributed by atoms with E-state index < -0.39 is 0 Å². The zero-order valence-electron chi connectivity index (χ0n) is 4.76. The third-order valence-corrected chi connectivity index (χ3v) is 1.23. The van der Waals surface area contributed by atoms with E-state index in [0.717, 1.165) is 26.2 Å². The van der Waals surface area contributed by atoms with Crippen molar-refractivity contribution in [3.63, 3.8) is 0 Å². The second kappa shape index (κ2) is 2.99. The zero-order valence-corrected chi connectivity index (χ0v) is 4.76. The minimum absolute atomic E-state index is 0.885. The number of hydrogen-bond donors (Lipinski definition) is 2. The van der Waals surface area contributed by atoms with Crippen LogP contribution in [0.15, 0.2) is 0 Å². The molecule has 8 heavy (non-hydrogen) atoms. The molecule has 0 radical (unpaired) electrons. The molecule has 0 atom stereocenters. The summed E-state index contributed by atoms with van der Waals surface area (Å²) in [5.74, 6) is 4.90. The summed E-state index contributed by atoms with van der Waals surface area (Å²) in [5, 5.41) is 4.90. The van der Waals surface area contributed by atoms with Crippen molar-refractivity contribution in [2.75, 3.05) is 26.2 Å². The summed E-state index contributed by atoms with van der Waals surface area (Å²) in [5.41, 5.74) is 0. The lowest BCUT2D eigenvalue weighted by Crippen LogP contribution is -2.44. The van der Waals surface area contributed by atoms with Gasteiger partial charge in [0.15, 0.2) is 0 Å². The minimum atomic E-state index is 0.885. The molecule has 1 fully saturated rings. The van der Waals surface area contributed by atoms with Gasteiger partial charge in [-0.05, 0) is 0 Å². The molecule has 0 aromatic heterocycles. The molecule has 0 aromatic carbocycles. The monoisotopic (exact) mass is 117 g/mol. The summed E-state index contributed by atoms with van der Waals surface area (Å²) in [6, 6.07) is 0. The van der Waals surface area contributed by atoms with Gasteiger partial charge in [0.05, 0.1) is 0 Å². The number of nitrogens with two attached hydrogens (primary N) is 1. The van der Waals surface area contributed by atoms with Crippen molar-refractivity contribution in [2.45, 2.75) is 0 Å². The Morgan fingerprint density at radius 3 is 2.38 bits per heavy atom. The van der Waals surface area contributed by atoms with Crippen molar-refractivity contribution in [2.24, 2.45) is 5.90 Å². The van der Waals surface area contributed by atoms with Gasteiger partial charge in [-0.1, -0.05) is 0 Å². The van der Waals surface area contributed by atoms with Gasteiger partial charge in [-0.3, -0.25) is 0 Å². The van der Waals surface area contributed by atoms with Crippen LogP contribution in [0.4, 0.5) is 0 Å². The summed E-state index contributed by atoms with van der Waals surface area (Å²) >= 11 is 0. The summed E-state index contributed by atoms with van der Waals surface area (Å²) in [7, 11) is 0. The molecule has 0 unspecified atom stereocenters. The highest BCUT2D eigenvalue weighted by molar-refractivity contribution is 4.59. The van der Waals surface area contributed by atoms with Gasteiger partial charge in [0, 0.05) is 26.2 Å². The Balaban J connectivity index is 2.13. The number of nitrogens with one attached hydrogen (secondary N) is 1. The molecule has 4 nitrogen and oxygen atoms in total. The van der Waals surface area contributed by atoms with E-state index in [1.165, 1.54) is 0 Å². The van der Waals surface area contributed by atoms with Gasteiger partial charge in [0.1, 0.15) is 0 Å². The van der Waals surface area contributed by atoms with Gasteiger partial charge < -0.3 is 5.32 Å². The number of nitrogens with zero attached hydrogens (tertiary/aromatic N) is 1. The average molecular weight is 117 g/mol. The maximum atomic E-state index is 4.90. The molecule has 0 aromatic rings. The van der Waals surface area contributed by atoms with E-state index in [4.69, 9.17) is 5.90 Å². The first-order valence-corrected chi connectivity index (χ1v) is 2.76. The van der Waals surface area contributed by atoms with Crippen molar-refractivity contribution in [3.8, 4) is 0 Å². The van der Waals surface area contributed by atoms with Crippen LogP contribution in [0.3, 0.4) is 0 Å². The molecule has 4 heteroatoms. The van der Waals surface area contributed by atoms with Crippen LogP contribution >= 0.6 is 0 Å². The molecule has 1 aliphatic rings. The van der Waals surface area contributed by atoms with Crippen LogP contribution in [0.1, 0.15) is 0 Å². The van der Waals surface area contributed by atoms with E-state index in [0.29, 0.717) is 0 Å². The topological polar surface area (TPSA) is 50.5 Å². The highest BCUT2D eigenvalue weighted by atomic mass is 16.8. The molecular formula is C4H11N3O. The third-order valence-electron chi connectivity index (χ3n) is 1.23. The molecule has 0 saturated carbocycles. The van der Waals surface area contributed by atoms with Crippen LogP contribution in [-0.2, 0) is 4.94 Å². The lowest BCUT2D eigenvalue weighted by molar-refractivity contribution is -0.168. The van der Waals surface area contributed by atoms with Gasteiger partial charge in [0.2, 0.25) is 0 Å². The number of hydrogen-bond acceptors (Lipinski definition) is 4. The quantitative estimate of drug-likeness (QED) is 0.419. The van der Waals surface area contributed by atoms with Crippen LogP contribution in [0.25, 0.3) is 0 Å². The number of rotatable bonds is 1. The Morgan fingerprint density at radius 2 is 2.00 bits per heavy atom. The molecule has 1 rings (SSSR count). The van der Waals surface area contributed by atoms with Gasteiger partial charge in [0.25, 0.3) is 0 Å². The van der Waals surface area contributed by atoms with E-state index in [2.05, 4.69) is 10.3 Å². The fraction of sp³-hybridized carbons (Fsp3) is 1.00. The van der Waals surface area contributed by atoms with E-state index in [-0.39, 0.29) is 0 Å². The van der Waals surface area contributed by atoms with Crippen molar-refractivity contribution in [1.29, 1.82) is 0 Å². The molecule has 0 spiro atoms. The highest BCUT2D eigenvalue weighted by Gasteiger charge is 2.06. The fourth-order valence-electron chi connectivity index (χ4n) is 0.750. The summed E-state index contributed by atoms with van der Waals surface area (Å²) in [4.78, 5) is 4.48. The highest BCUT2D eigenvalue weighted by Crippen LogP contribution is 1.87. The van der Waals surface area contributed by atoms with E-state index >= 15 is 0 Å². The van der Waals surface area contributed by atoms with Crippen molar-refractivity contribution >= 4 is 0 Å². The Labute approximate surface area is 48.5 Å². The smallest absolute Gasteiger partial charge is 0.0385 e. The lowest BCUT2D eigenvalue weighted by atomic mass is 10.4. The summed E-state index contributed by atoms with van der Waals surface area (Å²) < 4.78 is 0. The van der Waals surface area contributed by atoms with Crippen LogP contribution in [0.2, 0.25) is 0 Å². The van der Waals surface area contributed by atoms with Crippen molar-refractivity contribution in [3.05, 3.63) is 0 Å². The Bertz CT molecular complexity index is 62.3. The second-order valence-electron chi connectivity index (χ2n) is 1.78. The third kappa shape index (κ3) is 1.41. The predicted molar refractivity (Wildman–Crippen MR) is 29.7 cm³/mol. The first-order valence-electron chi connectivity index (χ1n) is 2.76. The molecular weight excluding hydrogens is 106 g/mol. The maximum absolute atomic E-state index is 4.90. The fourth-order valence-corrected chi connectivity index (χ4v) is 0.750. The number of hydroxylamine groups is 2. The minimum Gasteiger partial charge on any atom is -0.314 e. The van der Waals surface area contributed by atoms with Crippen molar-refractivity contribution in [1.82, 2.24) is 10.4 Å². The second-order valence-corrected chi connectivity index (χ2v) is 1.78. The van der Waals surface area contributed by atoms with Gasteiger partial charge >= 0.3 is 0 Å². The van der Waals surface area contributed by atoms with Gasteiger partial charge in [-0.2, -0.15) is 11.0 Å². The van der Waals surface area contributed by atoms with Gasteiger partial charge in [-0.15, -0.1) is 0 Å². The first kappa shape index (κ1) is 5.97. The van der Waals surface area contributed by atoms with Crippen LogP contribution < -0.4 is 11.2 Å². The van der Waals surface area contributed by atoms with Crippen LogP contribution in [0.5, 0.6) is 0 Å². The summed E-state index contributed by atoms with van der Waals surface area (Å²) in [6.07, 6.45) is 0. The summed E-state index contributed by atoms with van der Waals surface area (Å²) in [6.45, 7) is 3.71. The standard InChI is InChI=1S/C4H11N3O/c5-8-7-3-1-6-2-4-7/h6H,1-5H2. The van der Waals surface area contributed by atoms with E-state index in [9.17, 15) is 0 Å². The van der Waals surface area contributed by atoms with E-state index in [1.54, 1.807) is 5.06 Å². The normalized spacial score (nSPS) is 23.6. The average Bonchev–Trinajstić information content (AvgIpc) is 1.90. The van der Waals surface area contributed by atoms with Crippen molar-refractivity contribution < 1.29 is 4.94 Å². The molecule has 1 heterocycles. The Morgan fingerprint density at radius 1 is 1.38 bits per heavy atom. The van der Waals surface area contributed by atoms with Gasteiger partial charge in [-0.25, -0.2) is 4.94 Å². The molecule has 0 aliphatic carbocycles. The SMILES string of the molecule is NON1CCNCC1. The molecule has 3 N–H and O–H groups in total. The zero-order chi connectivity index (χ0) is 5.82.